The number of carboxylic acid groups (broad SMARTS) is 1. The van der Waals surface area contributed by atoms with Gasteiger partial charge in [0.1, 0.15) is 5.82 Å². The highest BCUT2D eigenvalue weighted by Gasteiger charge is 2.37. The molecule has 0 amide bonds. The SMILES string of the molecule is O=C(O)CCC1CCCCN1c1ncccc1C(F)(F)F. The molecular weight excluding hydrogens is 285 g/mol. The highest BCUT2D eigenvalue weighted by molar-refractivity contribution is 5.66. The molecule has 1 aliphatic rings. The molecule has 0 spiro atoms. The predicted molar refractivity (Wildman–Crippen MR) is 71.1 cm³/mol. The standard InChI is InChI=1S/C14H17F3N2O2/c15-14(16,17)11-5-3-8-18-13(11)19-9-2-1-4-10(19)6-7-12(20)21/h3,5,8,10H,1-2,4,6-7,9H2,(H,20,21). The fourth-order valence-electron chi connectivity index (χ4n) is 2.72. The molecule has 0 radical (unpaired) electrons. The van der Waals surface area contributed by atoms with Crippen molar-refractivity contribution in [1.29, 1.82) is 0 Å². The Morgan fingerprint density at radius 2 is 2.19 bits per heavy atom. The number of hydrogen-bond donors (Lipinski definition) is 1. The van der Waals surface area contributed by atoms with E-state index in [-0.39, 0.29) is 18.3 Å². The molecule has 0 saturated carbocycles. The lowest BCUT2D eigenvalue weighted by Gasteiger charge is -2.37. The summed E-state index contributed by atoms with van der Waals surface area (Å²) >= 11 is 0. The van der Waals surface area contributed by atoms with Gasteiger partial charge in [-0.1, -0.05) is 0 Å². The van der Waals surface area contributed by atoms with Gasteiger partial charge >= 0.3 is 12.1 Å². The van der Waals surface area contributed by atoms with Gasteiger partial charge in [-0.25, -0.2) is 4.98 Å². The van der Waals surface area contributed by atoms with Crippen molar-refractivity contribution < 1.29 is 23.1 Å². The maximum Gasteiger partial charge on any atom is 0.419 e. The fraction of sp³-hybridized carbons (Fsp3) is 0.571. The van der Waals surface area contributed by atoms with Crippen molar-refractivity contribution in [3.05, 3.63) is 23.9 Å². The van der Waals surface area contributed by atoms with Gasteiger partial charge in [0.2, 0.25) is 0 Å². The molecule has 1 saturated heterocycles. The summed E-state index contributed by atoms with van der Waals surface area (Å²) in [5.74, 6) is -1.02. The fourth-order valence-corrected chi connectivity index (χ4v) is 2.72. The molecule has 1 atom stereocenters. The first-order chi connectivity index (χ1) is 9.89. The second-order valence-electron chi connectivity index (χ2n) is 5.15. The molecule has 1 unspecified atom stereocenters. The number of carboxylic acids is 1. The van der Waals surface area contributed by atoms with Crippen LogP contribution >= 0.6 is 0 Å². The average molecular weight is 302 g/mol. The van der Waals surface area contributed by atoms with Crippen molar-refractivity contribution in [3.8, 4) is 0 Å². The van der Waals surface area contributed by atoms with Crippen LogP contribution in [0.2, 0.25) is 0 Å². The predicted octanol–water partition coefficient (Wildman–Crippen LogP) is 3.32. The number of piperidine rings is 1. The number of aromatic nitrogens is 1. The topological polar surface area (TPSA) is 53.4 Å². The van der Waals surface area contributed by atoms with Crippen LogP contribution in [0.3, 0.4) is 0 Å². The highest BCUT2D eigenvalue weighted by Crippen LogP contribution is 2.37. The van der Waals surface area contributed by atoms with Crippen molar-refractivity contribution in [2.75, 3.05) is 11.4 Å². The Bertz CT molecular complexity index is 505. The number of nitrogens with zero attached hydrogens (tertiary/aromatic N) is 2. The van der Waals surface area contributed by atoms with E-state index in [1.807, 2.05) is 0 Å². The Morgan fingerprint density at radius 3 is 2.86 bits per heavy atom. The zero-order valence-corrected chi connectivity index (χ0v) is 11.4. The molecule has 0 aromatic carbocycles. The van der Waals surface area contributed by atoms with E-state index >= 15 is 0 Å². The minimum absolute atomic E-state index is 0.0463. The van der Waals surface area contributed by atoms with Gasteiger partial charge < -0.3 is 10.0 Å². The van der Waals surface area contributed by atoms with Crippen molar-refractivity contribution >= 4 is 11.8 Å². The number of halogens is 3. The van der Waals surface area contributed by atoms with E-state index in [0.29, 0.717) is 19.4 Å². The van der Waals surface area contributed by atoms with Crippen molar-refractivity contribution in [2.24, 2.45) is 0 Å². The zero-order valence-electron chi connectivity index (χ0n) is 11.4. The summed E-state index contributed by atoms with van der Waals surface area (Å²) in [6.45, 7) is 0.477. The van der Waals surface area contributed by atoms with Crippen LogP contribution in [0.25, 0.3) is 0 Å². The minimum Gasteiger partial charge on any atom is -0.481 e. The maximum absolute atomic E-state index is 13.1. The Morgan fingerprint density at radius 1 is 1.43 bits per heavy atom. The van der Waals surface area contributed by atoms with E-state index in [1.165, 1.54) is 12.3 Å². The van der Waals surface area contributed by atoms with Gasteiger partial charge in [0.05, 0.1) is 5.56 Å². The third-order valence-electron chi connectivity index (χ3n) is 3.68. The first-order valence-corrected chi connectivity index (χ1v) is 6.90. The highest BCUT2D eigenvalue weighted by atomic mass is 19.4. The second-order valence-corrected chi connectivity index (χ2v) is 5.15. The molecule has 116 valence electrons. The van der Waals surface area contributed by atoms with Crippen molar-refractivity contribution in [2.45, 2.75) is 44.3 Å². The van der Waals surface area contributed by atoms with Crippen LogP contribution in [0.5, 0.6) is 0 Å². The molecule has 21 heavy (non-hydrogen) atoms. The molecule has 7 heteroatoms. The Labute approximate surface area is 120 Å². The van der Waals surface area contributed by atoms with Crippen LogP contribution in [-0.2, 0) is 11.0 Å². The minimum atomic E-state index is -4.46. The van der Waals surface area contributed by atoms with Crippen LogP contribution in [0, 0.1) is 0 Å². The Kier molecular flexibility index (Phi) is 4.69. The number of alkyl halides is 3. The van der Waals surface area contributed by atoms with Gasteiger partial charge in [0.15, 0.2) is 0 Å². The van der Waals surface area contributed by atoms with Gasteiger partial charge in [0.25, 0.3) is 0 Å². The Balaban J connectivity index is 2.27. The van der Waals surface area contributed by atoms with E-state index in [1.54, 1.807) is 4.90 Å². The quantitative estimate of drug-likeness (QED) is 0.927. The number of hydrogen-bond acceptors (Lipinski definition) is 3. The molecule has 0 aliphatic carbocycles. The molecule has 1 N–H and O–H groups in total. The molecule has 4 nitrogen and oxygen atoms in total. The second kappa shape index (κ2) is 6.32. The average Bonchev–Trinajstić information content (AvgIpc) is 2.44. The first kappa shape index (κ1) is 15.6. The zero-order chi connectivity index (χ0) is 15.5. The van der Waals surface area contributed by atoms with Gasteiger partial charge in [-0.05, 0) is 37.8 Å². The molecule has 1 aromatic heterocycles. The summed E-state index contributed by atoms with van der Waals surface area (Å²) in [5, 5.41) is 8.77. The molecule has 1 aromatic rings. The molecule has 2 rings (SSSR count). The molecule has 1 aliphatic heterocycles. The number of rotatable bonds is 4. The molecule has 0 bridgehead atoms. The first-order valence-electron chi connectivity index (χ1n) is 6.90. The van der Waals surface area contributed by atoms with Crippen LogP contribution in [0.1, 0.15) is 37.7 Å². The lowest BCUT2D eigenvalue weighted by atomic mass is 9.97. The van der Waals surface area contributed by atoms with E-state index in [2.05, 4.69) is 4.98 Å². The normalized spacial score (nSPS) is 19.6. The summed E-state index contributed by atoms with van der Waals surface area (Å²) in [6, 6.07) is 2.08. The molecular formula is C14H17F3N2O2. The van der Waals surface area contributed by atoms with E-state index in [9.17, 15) is 18.0 Å². The number of pyridine rings is 1. The van der Waals surface area contributed by atoms with Crippen LogP contribution in [0.15, 0.2) is 18.3 Å². The van der Waals surface area contributed by atoms with Crippen LogP contribution in [0.4, 0.5) is 19.0 Å². The summed E-state index contributed by atoms with van der Waals surface area (Å²) in [5.41, 5.74) is -0.757. The van der Waals surface area contributed by atoms with Crippen molar-refractivity contribution in [1.82, 2.24) is 4.98 Å². The van der Waals surface area contributed by atoms with E-state index in [0.717, 1.165) is 18.9 Å². The lowest BCUT2D eigenvalue weighted by molar-refractivity contribution is -0.138. The van der Waals surface area contributed by atoms with E-state index < -0.39 is 17.7 Å². The lowest BCUT2D eigenvalue weighted by Crippen LogP contribution is -2.41. The number of aliphatic carboxylic acids is 1. The van der Waals surface area contributed by atoms with Crippen LogP contribution in [-0.4, -0.2) is 28.6 Å². The maximum atomic E-state index is 13.1. The van der Waals surface area contributed by atoms with Gasteiger partial charge in [0, 0.05) is 25.2 Å². The summed E-state index contributed by atoms with van der Waals surface area (Å²) in [4.78, 5) is 16.2. The van der Waals surface area contributed by atoms with Gasteiger partial charge in [-0.3, -0.25) is 4.79 Å². The monoisotopic (exact) mass is 302 g/mol. The summed E-state index contributed by atoms with van der Waals surface area (Å²) in [7, 11) is 0. The van der Waals surface area contributed by atoms with Gasteiger partial charge in [-0.15, -0.1) is 0 Å². The van der Waals surface area contributed by atoms with Crippen molar-refractivity contribution in [3.63, 3.8) is 0 Å². The van der Waals surface area contributed by atoms with E-state index in [4.69, 9.17) is 5.11 Å². The molecule has 2 heterocycles. The summed E-state index contributed by atoms with van der Waals surface area (Å²) < 4.78 is 39.3. The third kappa shape index (κ3) is 3.86. The third-order valence-corrected chi connectivity index (χ3v) is 3.68. The smallest absolute Gasteiger partial charge is 0.419 e. The van der Waals surface area contributed by atoms with Crippen LogP contribution < -0.4 is 4.90 Å². The van der Waals surface area contributed by atoms with Gasteiger partial charge in [-0.2, -0.15) is 13.2 Å². The number of carbonyl (C=O) groups is 1. The number of anilines is 1. The summed E-state index contributed by atoms with van der Waals surface area (Å²) in [6.07, 6.45) is -0.446. The Hall–Kier alpha value is -1.79. The molecule has 1 fully saturated rings. The largest absolute Gasteiger partial charge is 0.481 e.